The number of hydrogen-bond acceptors (Lipinski definition) is 8. The van der Waals surface area contributed by atoms with Crippen LogP contribution in [0, 0.1) is 0 Å². The molecule has 0 aliphatic carbocycles. The summed E-state index contributed by atoms with van der Waals surface area (Å²) in [6.07, 6.45) is 2.56. The van der Waals surface area contributed by atoms with Crippen LogP contribution in [-0.4, -0.2) is 93.8 Å². The monoisotopic (exact) mass is 615 g/mol. The Bertz CT molecular complexity index is 1200. The fourth-order valence-electron chi connectivity index (χ4n) is 4.47. The van der Waals surface area contributed by atoms with Crippen LogP contribution in [-0.2, 0) is 40.0 Å². The number of carboxylic acids is 2. The molecular formula is C30H41N5O9. The molecule has 6 N–H and O–H groups in total. The van der Waals surface area contributed by atoms with Gasteiger partial charge in [-0.3, -0.25) is 33.7 Å². The first kappa shape index (κ1) is 35.6. The Kier molecular flexibility index (Phi) is 14.7. The Labute approximate surface area is 255 Å². The van der Waals surface area contributed by atoms with Crippen molar-refractivity contribution in [3.8, 4) is 0 Å². The predicted octanol–water partition coefficient (Wildman–Crippen LogP) is 0.116. The average Bonchev–Trinajstić information content (AvgIpc) is 3.29. The van der Waals surface area contributed by atoms with Gasteiger partial charge in [0.2, 0.25) is 17.7 Å². The molecule has 1 aliphatic rings. The van der Waals surface area contributed by atoms with Gasteiger partial charge in [-0.05, 0) is 37.7 Å². The summed E-state index contributed by atoms with van der Waals surface area (Å²) in [6.45, 7) is 3.88. The van der Waals surface area contributed by atoms with Gasteiger partial charge in [-0.2, -0.15) is 0 Å². The Morgan fingerprint density at radius 2 is 1.41 bits per heavy atom. The molecule has 0 unspecified atom stereocenters. The highest BCUT2D eigenvalue weighted by atomic mass is 16.4. The van der Waals surface area contributed by atoms with Crippen molar-refractivity contribution >= 4 is 41.5 Å². The lowest BCUT2D eigenvalue weighted by Gasteiger charge is -2.25. The minimum absolute atomic E-state index is 0.0184. The molecule has 5 amide bonds. The number of nitrogens with zero attached hydrogens (tertiary/aromatic N) is 1. The molecule has 0 spiro atoms. The van der Waals surface area contributed by atoms with Crippen LogP contribution in [0.25, 0.3) is 0 Å². The minimum Gasteiger partial charge on any atom is -0.481 e. The fourth-order valence-corrected chi connectivity index (χ4v) is 4.47. The third-order valence-corrected chi connectivity index (χ3v) is 6.73. The number of rotatable bonds is 20. The molecule has 3 atom stereocenters. The first-order valence-corrected chi connectivity index (χ1v) is 14.5. The number of nitrogens with one attached hydrogen (secondary N) is 4. The highest BCUT2D eigenvalue weighted by Crippen LogP contribution is 2.08. The van der Waals surface area contributed by atoms with Crippen molar-refractivity contribution in [2.75, 3.05) is 13.1 Å². The standard InChI is InChI=1S/C30H41N5O9/c1-19(2)32-23(18-20-8-4-3-5-9-20)29(42)33-21(11-14-27(39)40)28(41)34-22(30(43)44)10-6-7-16-31-24(36)15-17-35-25(37)12-13-26(35)38/h3-5,8-9,12-13,19,21-23,32H,6-7,10-11,14-18H2,1-2H3,(H,31,36)(H,33,42)(H,34,41)(H,39,40)(H,43,44)/t21-,22-,23-/m0/s1. The molecule has 0 saturated carbocycles. The summed E-state index contributed by atoms with van der Waals surface area (Å²) in [7, 11) is 0. The molecule has 44 heavy (non-hydrogen) atoms. The lowest BCUT2D eigenvalue weighted by atomic mass is 10.0. The second kappa shape index (κ2) is 18.2. The predicted molar refractivity (Wildman–Crippen MR) is 158 cm³/mol. The third kappa shape index (κ3) is 12.7. The second-order valence-electron chi connectivity index (χ2n) is 10.7. The van der Waals surface area contributed by atoms with Gasteiger partial charge in [0.25, 0.3) is 11.8 Å². The maximum atomic E-state index is 13.2. The van der Waals surface area contributed by atoms with Crippen LogP contribution in [0.15, 0.2) is 42.5 Å². The van der Waals surface area contributed by atoms with E-state index in [1.54, 1.807) is 0 Å². The van der Waals surface area contributed by atoms with Crippen LogP contribution in [0.2, 0.25) is 0 Å². The second-order valence-corrected chi connectivity index (χ2v) is 10.7. The molecule has 14 nitrogen and oxygen atoms in total. The van der Waals surface area contributed by atoms with Gasteiger partial charge in [0.05, 0.1) is 6.04 Å². The maximum absolute atomic E-state index is 13.2. The van der Waals surface area contributed by atoms with Gasteiger partial charge < -0.3 is 31.5 Å². The van der Waals surface area contributed by atoms with E-state index in [1.807, 2.05) is 44.2 Å². The highest BCUT2D eigenvalue weighted by Gasteiger charge is 2.30. The summed E-state index contributed by atoms with van der Waals surface area (Å²) in [4.78, 5) is 85.5. The lowest BCUT2D eigenvalue weighted by molar-refractivity contribution is -0.143. The van der Waals surface area contributed by atoms with E-state index in [0.717, 1.165) is 22.6 Å². The van der Waals surface area contributed by atoms with Gasteiger partial charge in [0, 0.05) is 44.1 Å². The largest absolute Gasteiger partial charge is 0.481 e. The van der Waals surface area contributed by atoms with Crippen molar-refractivity contribution in [2.24, 2.45) is 0 Å². The molecule has 240 valence electrons. The third-order valence-electron chi connectivity index (χ3n) is 6.73. The summed E-state index contributed by atoms with van der Waals surface area (Å²) in [5.74, 6) is -5.15. The zero-order valence-electron chi connectivity index (χ0n) is 24.9. The number of imide groups is 1. The first-order chi connectivity index (χ1) is 20.9. The SMILES string of the molecule is CC(C)N[C@@H](Cc1ccccc1)C(=O)N[C@@H](CCC(=O)O)C(=O)N[C@@H](CCCCNC(=O)CCN1C(=O)C=CC1=O)C(=O)O. The van der Waals surface area contributed by atoms with Gasteiger partial charge in [-0.15, -0.1) is 0 Å². The molecule has 0 fully saturated rings. The van der Waals surface area contributed by atoms with Gasteiger partial charge in [0.1, 0.15) is 12.1 Å². The molecule has 0 aromatic heterocycles. The van der Waals surface area contributed by atoms with Crippen molar-refractivity contribution in [2.45, 2.75) is 83.0 Å². The van der Waals surface area contributed by atoms with E-state index in [-0.39, 0.29) is 44.3 Å². The van der Waals surface area contributed by atoms with Crippen LogP contribution in [0.1, 0.15) is 57.9 Å². The fraction of sp³-hybridized carbons (Fsp3) is 0.500. The minimum atomic E-state index is -1.31. The summed E-state index contributed by atoms with van der Waals surface area (Å²) >= 11 is 0. The van der Waals surface area contributed by atoms with E-state index >= 15 is 0 Å². The van der Waals surface area contributed by atoms with Gasteiger partial charge in [0.15, 0.2) is 0 Å². The molecule has 1 heterocycles. The van der Waals surface area contributed by atoms with Crippen molar-refractivity contribution < 1.29 is 43.8 Å². The number of unbranched alkanes of at least 4 members (excludes halogenated alkanes) is 1. The number of carboxylic acid groups (broad SMARTS) is 2. The number of carbonyl (C=O) groups excluding carboxylic acids is 5. The van der Waals surface area contributed by atoms with Crippen LogP contribution >= 0.6 is 0 Å². The highest BCUT2D eigenvalue weighted by molar-refractivity contribution is 6.13. The van der Waals surface area contributed by atoms with E-state index in [1.165, 1.54) is 0 Å². The summed E-state index contributed by atoms with van der Waals surface area (Å²) in [6, 6.07) is 5.85. The van der Waals surface area contributed by atoms with Crippen molar-refractivity contribution in [3.05, 3.63) is 48.0 Å². The van der Waals surface area contributed by atoms with Crippen molar-refractivity contribution in [1.29, 1.82) is 0 Å². The Morgan fingerprint density at radius 1 is 0.795 bits per heavy atom. The molecule has 1 aromatic rings. The summed E-state index contributed by atoms with van der Waals surface area (Å²) in [5.41, 5.74) is 0.878. The zero-order valence-corrected chi connectivity index (χ0v) is 24.9. The topological polar surface area (TPSA) is 211 Å². The number of benzene rings is 1. The van der Waals surface area contributed by atoms with Crippen molar-refractivity contribution in [3.63, 3.8) is 0 Å². The number of carbonyl (C=O) groups is 7. The quantitative estimate of drug-likeness (QED) is 0.0861. The summed E-state index contributed by atoms with van der Waals surface area (Å²) in [5, 5.41) is 29.6. The molecule has 1 aromatic carbocycles. The van der Waals surface area contributed by atoms with Gasteiger partial charge >= 0.3 is 11.9 Å². The van der Waals surface area contributed by atoms with E-state index < -0.39 is 60.1 Å². The summed E-state index contributed by atoms with van der Waals surface area (Å²) < 4.78 is 0. The first-order valence-electron chi connectivity index (χ1n) is 14.5. The number of aliphatic carboxylic acids is 2. The molecule has 2 rings (SSSR count). The van der Waals surface area contributed by atoms with E-state index in [0.29, 0.717) is 19.3 Å². The van der Waals surface area contributed by atoms with Crippen LogP contribution in [0.3, 0.4) is 0 Å². The molecule has 0 saturated heterocycles. The normalized spacial score (nSPS) is 14.7. The maximum Gasteiger partial charge on any atom is 0.326 e. The Hall–Kier alpha value is -4.59. The smallest absolute Gasteiger partial charge is 0.326 e. The van der Waals surface area contributed by atoms with Crippen LogP contribution in [0.5, 0.6) is 0 Å². The molecule has 14 heteroatoms. The van der Waals surface area contributed by atoms with E-state index in [9.17, 15) is 43.8 Å². The zero-order chi connectivity index (χ0) is 32.6. The van der Waals surface area contributed by atoms with E-state index in [2.05, 4.69) is 21.3 Å². The molecular weight excluding hydrogens is 574 g/mol. The van der Waals surface area contributed by atoms with Gasteiger partial charge in [-0.25, -0.2) is 4.79 Å². The number of amides is 5. The average molecular weight is 616 g/mol. The molecule has 1 aliphatic heterocycles. The van der Waals surface area contributed by atoms with Gasteiger partial charge in [-0.1, -0.05) is 44.2 Å². The molecule has 0 radical (unpaired) electrons. The van der Waals surface area contributed by atoms with Crippen LogP contribution in [0.4, 0.5) is 0 Å². The Morgan fingerprint density at radius 3 is 2.00 bits per heavy atom. The van der Waals surface area contributed by atoms with Crippen molar-refractivity contribution in [1.82, 2.24) is 26.2 Å². The van der Waals surface area contributed by atoms with E-state index in [4.69, 9.17) is 0 Å². The van der Waals surface area contributed by atoms with Crippen LogP contribution < -0.4 is 21.3 Å². The number of hydrogen-bond donors (Lipinski definition) is 6. The Balaban J connectivity index is 1.90. The molecule has 0 bridgehead atoms. The lowest BCUT2D eigenvalue weighted by Crippen LogP contribution is -2.56.